The number of rotatable bonds is 8. The average molecular weight is 545 g/mol. The van der Waals surface area contributed by atoms with Crippen LogP contribution in [0.1, 0.15) is 31.7 Å². The number of hydrogen-bond acceptors (Lipinski definition) is 7. The highest BCUT2D eigenvalue weighted by molar-refractivity contribution is 6.33. The van der Waals surface area contributed by atoms with Gasteiger partial charge in [0.1, 0.15) is 5.70 Å². The van der Waals surface area contributed by atoms with Crippen LogP contribution in [-0.2, 0) is 9.53 Å². The molecule has 5 rings (SSSR count). The first-order chi connectivity index (χ1) is 18.9. The number of hydrogen-bond donors (Lipinski definition) is 1. The molecule has 8 nitrogen and oxygen atoms in total. The summed E-state index contributed by atoms with van der Waals surface area (Å²) in [6.45, 7) is 2.15. The van der Waals surface area contributed by atoms with Gasteiger partial charge in [0.15, 0.2) is 5.82 Å². The van der Waals surface area contributed by atoms with Crippen molar-refractivity contribution in [1.82, 2.24) is 15.1 Å². The van der Waals surface area contributed by atoms with E-state index in [-0.39, 0.29) is 6.04 Å². The first-order valence-electron chi connectivity index (χ1n) is 12.8. The van der Waals surface area contributed by atoms with Gasteiger partial charge in [-0.15, -0.1) is 0 Å². The molecule has 0 fully saturated rings. The molecule has 1 atom stereocenters. The van der Waals surface area contributed by atoms with Crippen molar-refractivity contribution in [2.24, 2.45) is 0 Å². The molecular formula is C30H29ClN4O4. The van der Waals surface area contributed by atoms with Crippen molar-refractivity contribution in [3.05, 3.63) is 99.6 Å². The third kappa shape index (κ3) is 5.01. The van der Waals surface area contributed by atoms with E-state index >= 15 is 0 Å². The van der Waals surface area contributed by atoms with Gasteiger partial charge < -0.3 is 4.74 Å². The number of carbonyl (C=O) groups excluding carboxylic acids is 1. The zero-order chi connectivity index (χ0) is 27.5. The molecule has 1 aliphatic heterocycles. The zero-order valence-corrected chi connectivity index (χ0v) is 22.7. The molecule has 0 radical (unpaired) electrons. The molecule has 0 spiro atoms. The fourth-order valence-corrected chi connectivity index (χ4v) is 5.35. The molecule has 3 aromatic carbocycles. The maximum Gasteiger partial charge on any atom is 0.439 e. The molecule has 2 heterocycles. The fourth-order valence-electron chi connectivity index (χ4n) is 5.14. The van der Waals surface area contributed by atoms with Gasteiger partial charge in [0.05, 0.1) is 23.9 Å². The van der Waals surface area contributed by atoms with Gasteiger partial charge in [-0.25, -0.2) is 14.6 Å². The van der Waals surface area contributed by atoms with Crippen LogP contribution in [0.4, 0.5) is 5.69 Å². The lowest BCUT2D eigenvalue weighted by molar-refractivity contribution is -0.136. The van der Waals surface area contributed by atoms with E-state index in [1.54, 1.807) is 0 Å². The van der Waals surface area contributed by atoms with E-state index in [1.807, 2.05) is 84.9 Å². The van der Waals surface area contributed by atoms with E-state index in [0.717, 1.165) is 47.1 Å². The molecule has 1 unspecified atom stereocenters. The fraction of sp³-hybridized carbons (Fsp3) is 0.233. The van der Waals surface area contributed by atoms with Crippen LogP contribution < -0.4 is 10.8 Å². The Balaban J connectivity index is 1.63. The molecule has 0 aliphatic carbocycles. The third-order valence-electron chi connectivity index (χ3n) is 6.99. The molecule has 0 amide bonds. The van der Waals surface area contributed by atoms with Gasteiger partial charge in [0.2, 0.25) is 0 Å². The summed E-state index contributed by atoms with van der Waals surface area (Å²) in [5.41, 5.74) is 5.52. The Morgan fingerprint density at radius 3 is 2.33 bits per heavy atom. The number of aromatic nitrogens is 2. The molecule has 1 aliphatic rings. The Bertz CT molecular complexity index is 1570. The normalized spacial score (nSPS) is 15.7. The van der Waals surface area contributed by atoms with E-state index in [9.17, 15) is 9.59 Å². The molecule has 0 bridgehead atoms. The first-order valence-corrected chi connectivity index (χ1v) is 13.2. The zero-order valence-electron chi connectivity index (χ0n) is 22.0. The third-order valence-corrected chi connectivity index (χ3v) is 7.31. The van der Waals surface area contributed by atoms with Crippen LogP contribution in [0.5, 0.6) is 0 Å². The summed E-state index contributed by atoms with van der Waals surface area (Å²) < 4.78 is 10.0. The monoisotopic (exact) mass is 544 g/mol. The van der Waals surface area contributed by atoms with Crippen molar-refractivity contribution in [2.75, 3.05) is 19.2 Å². The second-order valence-corrected chi connectivity index (χ2v) is 9.72. The van der Waals surface area contributed by atoms with E-state index in [0.29, 0.717) is 22.2 Å². The van der Waals surface area contributed by atoms with Crippen LogP contribution in [-0.4, -0.2) is 41.3 Å². The average Bonchev–Trinajstić information content (AvgIpc) is 3.52. The molecule has 200 valence electrons. The molecule has 39 heavy (non-hydrogen) atoms. The summed E-state index contributed by atoms with van der Waals surface area (Å²) in [6, 6.07) is 23.1. The SMILES string of the molecule is CCCCC1C(c2ccc(-c3ccccc3-c3noc(=O)[nH]3)cc2)=C(C(=O)OC)N(c2ccccc2Cl)N1C. The molecule has 4 aromatic rings. The number of halogens is 1. The number of carbonyl (C=O) groups is 1. The highest BCUT2D eigenvalue weighted by atomic mass is 35.5. The Labute approximate surface area is 231 Å². The minimum absolute atomic E-state index is 0.0614. The number of hydrazine groups is 1. The van der Waals surface area contributed by atoms with E-state index < -0.39 is 11.7 Å². The van der Waals surface area contributed by atoms with E-state index in [4.69, 9.17) is 20.9 Å². The maximum absolute atomic E-state index is 13.3. The number of methoxy groups -OCH3 is 1. The second kappa shape index (κ2) is 11.3. The molecule has 0 saturated carbocycles. The number of anilines is 1. The Hall–Kier alpha value is -4.14. The van der Waals surface area contributed by atoms with Crippen LogP contribution in [0.15, 0.2) is 87.8 Å². The number of aromatic amines is 1. The molecule has 9 heteroatoms. The summed E-state index contributed by atoms with van der Waals surface area (Å²) in [6.07, 6.45) is 2.87. The summed E-state index contributed by atoms with van der Waals surface area (Å²) in [5.74, 6) is -0.674. The molecule has 1 N–H and O–H groups in total. The smallest absolute Gasteiger partial charge is 0.439 e. The molecule has 1 aromatic heterocycles. The lowest BCUT2D eigenvalue weighted by Crippen LogP contribution is -2.41. The number of unbranched alkanes of at least 4 members (excludes halogenated alkanes) is 1. The summed E-state index contributed by atoms with van der Waals surface area (Å²) >= 11 is 6.61. The summed E-state index contributed by atoms with van der Waals surface area (Å²) in [5, 5.41) is 8.34. The summed E-state index contributed by atoms with van der Waals surface area (Å²) in [7, 11) is 3.37. The van der Waals surface area contributed by atoms with Gasteiger partial charge in [0, 0.05) is 18.2 Å². The van der Waals surface area contributed by atoms with Crippen LogP contribution in [0.2, 0.25) is 5.02 Å². The van der Waals surface area contributed by atoms with Crippen molar-refractivity contribution in [3.63, 3.8) is 0 Å². The number of esters is 1. The number of nitrogens with zero attached hydrogens (tertiary/aromatic N) is 3. The minimum Gasteiger partial charge on any atom is -0.464 e. The van der Waals surface area contributed by atoms with E-state index in [1.165, 1.54) is 7.11 Å². The number of para-hydroxylation sites is 1. The molecular weight excluding hydrogens is 516 g/mol. The lowest BCUT2D eigenvalue weighted by atomic mass is 9.91. The minimum atomic E-state index is -0.607. The van der Waals surface area contributed by atoms with Gasteiger partial charge in [-0.1, -0.05) is 97.2 Å². The van der Waals surface area contributed by atoms with Gasteiger partial charge >= 0.3 is 11.7 Å². The summed E-state index contributed by atoms with van der Waals surface area (Å²) in [4.78, 5) is 27.5. The topological polar surface area (TPSA) is 91.7 Å². The predicted octanol–water partition coefficient (Wildman–Crippen LogP) is 6.16. The Morgan fingerprint density at radius 1 is 1.03 bits per heavy atom. The van der Waals surface area contributed by atoms with E-state index in [2.05, 4.69) is 22.1 Å². The van der Waals surface area contributed by atoms with Crippen LogP contribution >= 0.6 is 11.6 Å². The van der Waals surface area contributed by atoms with Gasteiger partial charge in [-0.2, -0.15) is 0 Å². The molecule has 0 saturated heterocycles. The lowest BCUT2D eigenvalue weighted by Gasteiger charge is -2.32. The van der Waals surface area contributed by atoms with Gasteiger partial charge in [-0.05, 0) is 35.2 Å². The largest absolute Gasteiger partial charge is 0.464 e. The Morgan fingerprint density at radius 2 is 1.69 bits per heavy atom. The standard InChI is InChI=1S/C30H29ClN4O4/c1-4-5-13-25-26(27(29(36)38-3)35(34(25)2)24-14-9-8-12-23(24)31)20-17-15-19(16-18-20)21-10-6-7-11-22(21)28-32-30(37)39-33-28/h6-12,14-18,25H,4-5,13H2,1-3H3,(H,32,33,37). The van der Waals surface area contributed by atoms with Crippen LogP contribution in [0.25, 0.3) is 28.1 Å². The van der Waals surface area contributed by atoms with Crippen molar-refractivity contribution in [1.29, 1.82) is 0 Å². The first kappa shape index (κ1) is 26.5. The maximum atomic E-state index is 13.3. The number of H-pyrrole nitrogens is 1. The number of ether oxygens (including phenoxy) is 1. The van der Waals surface area contributed by atoms with Crippen molar-refractivity contribution in [3.8, 4) is 22.5 Å². The second-order valence-electron chi connectivity index (χ2n) is 9.32. The van der Waals surface area contributed by atoms with Crippen LogP contribution in [0, 0.1) is 0 Å². The number of benzene rings is 3. The highest BCUT2D eigenvalue weighted by Gasteiger charge is 2.42. The predicted molar refractivity (Wildman–Crippen MR) is 152 cm³/mol. The van der Waals surface area contributed by atoms with Gasteiger partial charge in [0.25, 0.3) is 0 Å². The quantitative estimate of drug-likeness (QED) is 0.266. The number of likely N-dealkylation sites (N-methyl/N-ethyl adjacent to an activating group) is 1. The van der Waals surface area contributed by atoms with Crippen molar-refractivity contribution < 1.29 is 14.1 Å². The van der Waals surface area contributed by atoms with Gasteiger partial charge in [-0.3, -0.25) is 14.5 Å². The van der Waals surface area contributed by atoms with Crippen molar-refractivity contribution >= 4 is 28.8 Å². The van der Waals surface area contributed by atoms with Crippen molar-refractivity contribution in [2.45, 2.75) is 32.2 Å². The van der Waals surface area contributed by atoms with Crippen LogP contribution in [0.3, 0.4) is 0 Å². The highest BCUT2D eigenvalue weighted by Crippen LogP contribution is 2.43. The Kier molecular flexibility index (Phi) is 7.67. The number of nitrogens with one attached hydrogen (secondary N) is 1.